The van der Waals surface area contributed by atoms with Crippen LogP contribution >= 0.6 is 11.6 Å². The van der Waals surface area contributed by atoms with Crippen molar-refractivity contribution in [1.82, 2.24) is 10.2 Å². The van der Waals surface area contributed by atoms with E-state index in [1.54, 1.807) is 6.07 Å². The van der Waals surface area contributed by atoms with Gasteiger partial charge in [-0.1, -0.05) is 24.6 Å². The molecule has 2 N–H and O–H groups in total. The van der Waals surface area contributed by atoms with Crippen LogP contribution in [0.1, 0.15) is 25.3 Å². The first kappa shape index (κ1) is 14.6. The van der Waals surface area contributed by atoms with Crippen LogP contribution in [0.25, 0.3) is 0 Å². The minimum absolute atomic E-state index is 0.146. The van der Waals surface area contributed by atoms with Crippen molar-refractivity contribution in [2.75, 3.05) is 26.7 Å². The Balaban J connectivity index is 1.81. The van der Waals surface area contributed by atoms with Crippen LogP contribution in [0, 0.1) is 5.41 Å². The summed E-state index contributed by atoms with van der Waals surface area (Å²) in [6.45, 7) is 6.55. The highest BCUT2D eigenvalue weighted by Gasteiger charge is 2.28. The molecule has 0 radical (unpaired) electrons. The van der Waals surface area contributed by atoms with Gasteiger partial charge in [0.1, 0.15) is 5.75 Å². The van der Waals surface area contributed by atoms with Gasteiger partial charge in [-0.25, -0.2) is 0 Å². The van der Waals surface area contributed by atoms with E-state index in [-0.39, 0.29) is 5.75 Å². The predicted octanol–water partition coefficient (Wildman–Crippen LogP) is 2.87. The number of piperidine rings is 1. The summed E-state index contributed by atoms with van der Waals surface area (Å²) in [7, 11) is 2.19. The van der Waals surface area contributed by atoms with Gasteiger partial charge in [0.2, 0.25) is 0 Å². The highest BCUT2D eigenvalue weighted by molar-refractivity contribution is 6.32. The molecule has 1 aromatic carbocycles. The topological polar surface area (TPSA) is 35.5 Å². The van der Waals surface area contributed by atoms with E-state index in [2.05, 4.69) is 24.2 Å². The average Bonchev–Trinajstić information content (AvgIpc) is 2.38. The van der Waals surface area contributed by atoms with Crippen LogP contribution in [0.3, 0.4) is 0 Å². The van der Waals surface area contributed by atoms with Crippen LogP contribution in [-0.2, 0) is 6.54 Å². The number of halogens is 1. The molecule has 2 rings (SSSR count). The van der Waals surface area contributed by atoms with E-state index in [9.17, 15) is 5.11 Å². The summed E-state index contributed by atoms with van der Waals surface area (Å²) in [6.07, 6.45) is 2.49. The molecule has 1 aliphatic rings. The second kappa shape index (κ2) is 6.12. The van der Waals surface area contributed by atoms with E-state index >= 15 is 0 Å². The van der Waals surface area contributed by atoms with Crippen LogP contribution in [0.4, 0.5) is 0 Å². The Hall–Kier alpha value is -0.770. The Morgan fingerprint density at radius 3 is 2.68 bits per heavy atom. The van der Waals surface area contributed by atoms with Gasteiger partial charge in [-0.05, 0) is 56.1 Å². The maximum atomic E-state index is 9.38. The van der Waals surface area contributed by atoms with Gasteiger partial charge >= 0.3 is 0 Å². The molecular weight excluding hydrogens is 260 g/mol. The van der Waals surface area contributed by atoms with Crippen molar-refractivity contribution < 1.29 is 5.11 Å². The molecule has 1 heterocycles. The fraction of sp³-hybridized carbons (Fsp3) is 0.600. The van der Waals surface area contributed by atoms with E-state index in [4.69, 9.17) is 11.6 Å². The molecule has 1 fully saturated rings. The molecule has 19 heavy (non-hydrogen) atoms. The summed E-state index contributed by atoms with van der Waals surface area (Å²) in [6, 6.07) is 5.38. The zero-order valence-electron chi connectivity index (χ0n) is 11.7. The third-order valence-electron chi connectivity index (χ3n) is 4.09. The van der Waals surface area contributed by atoms with Crippen molar-refractivity contribution in [3.8, 4) is 5.75 Å². The Bertz CT molecular complexity index is 428. The summed E-state index contributed by atoms with van der Waals surface area (Å²) in [5.74, 6) is 0.146. The first-order chi connectivity index (χ1) is 8.98. The van der Waals surface area contributed by atoms with Gasteiger partial charge in [0.05, 0.1) is 5.02 Å². The lowest BCUT2D eigenvalue weighted by Gasteiger charge is -2.38. The lowest BCUT2D eigenvalue weighted by atomic mass is 9.80. The number of benzene rings is 1. The minimum atomic E-state index is 0.146. The maximum Gasteiger partial charge on any atom is 0.134 e. The van der Waals surface area contributed by atoms with Crippen molar-refractivity contribution in [3.63, 3.8) is 0 Å². The molecule has 1 aliphatic heterocycles. The first-order valence-corrected chi connectivity index (χ1v) is 7.23. The Labute approximate surface area is 120 Å². The second-order valence-corrected chi connectivity index (χ2v) is 6.41. The number of likely N-dealkylation sites (tertiary alicyclic amines) is 1. The second-order valence-electron chi connectivity index (χ2n) is 6.00. The van der Waals surface area contributed by atoms with Crippen molar-refractivity contribution >= 4 is 11.6 Å². The molecule has 1 saturated heterocycles. The standard InChI is InChI=1S/C15H23ClN2O/c1-15(5-7-18(2)8-6-15)11-17-10-12-3-4-14(19)13(16)9-12/h3-4,9,17,19H,5-8,10-11H2,1-2H3. The van der Waals surface area contributed by atoms with Gasteiger partial charge in [0.25, 0.3) is 0 Å². The molecule has 3 nitrogen and oxygen atoms in total. The highest BCUT2D eigenvalue weighted by atomic mass is 35.5. The molecule has 0 bridgehead atoms. The van der Waals surface area contributed by atoms with Crippen molar-refractivity contribution in [1.29, 1.82) is 0 Å². The molecule has 0 aliphatic carbocycles. The molecule has 0 atom stereocenters. The van der Waals surface area contributed by atoms with E-state index in [0.717, 1.165) is 18.7 Å². The zero-order chi connectivity index (χ0) is 13.9. The number of nitrogens with zero attached hydrogens (tertiary/aromatic N) is 1. The van der Waals surface area contributed by atoms with Crippen LogP contribution in [-0.4, -0.2) is 36.7 Å². The fourth-order valence-electron chi connectivity index (χ4n) is 2.50. The quantitative estimate of drug-likeness (QED) is 0.891. The third-order valence-corrected chi connectivity index (χ3v) is 4.39. The van der Waals surface area contributed by atoms with E-state index in [1.807, 2.05) is 12.1 Å². The number of nitrogens with one attached hydrogen (secondary N) is 1. The average molecular weight is 283 g/mol. The zero-order valence-corrected chi connectivity index (χ0v) is 12.5. The third kappa shape index (κ3) is 4.10. The summed E-state index contributed by atoms with van der Waals surface area (Å²) in [4.78, 5) is 2.39. The number of phenols is 1. The molecule has 1 aromatic rings. The van der Waals surface area contributed by atoms with Crippen molar-refractivity contribution in [2.24, 2.45) is 5.41 Å². The fourth-order valence-corrected chi connectivity index (χ4v) is 2.71. The largest absolute Gasteiger partial charge is 0.506 e. The monoisotopic (exact) mass is 282 g/mol. The summed E-state index contributed by atoms with van der Waals surface area (Å²) in [5.41, 5.74) is 1.51. The molecule has 0 saturated carbocycles. The van der Waals surface area contributed by atoms with Crippen LogP contribution < -0.4 is 5.32 Å². The Kier molecular flexibility index (Phi) is 4.71. The normalized spacial score (nSPS) is 19.5. The summed E-state index contributed by atoms with van der Waals surface area (Å²) in [5, 5.41) is 13.3. The molecule has 0 unspecified atom stereocenters. The number of hydrogen-bond acceptors (Lipinski definition) is 3. The maximum absolute atomic E-state index is 9.38. The van der Waals surface area contributed by atoms with Crippen LogP contribution in [0.15, 0.2) is 18.2 Å². The molecule has 0 amide bonds. The van der Waals surface area contributed by atoms with Gasteiger partial charge in [-0.15, -0.1) is 0 Å². The molecule has 0 aromatic heterocycles. The van der Waals surface area contributed by atoms with E-state index in [0.29, 0.717) is 10.4 Å². The Morgan fingerprint density at radius 1 is 1.37 bits per heavy atom. The van der Waals surface area contributed by atoms with E-state index < -0.39 is 0 Å². The molecule has 106 valence electrons. The Morgan fingerprint density at radius 2 is 2.05 bits per heavy atom. The van der Waals surface area contributed by atoms with Gasteiger partial charge in [-0.2, -0.15) is 0 Å². The molecular formula is C15H23ClN2O. The molecule has 0 spiro atoms. The van der Waals surface area contributed by atoms with E-state index in [1.165, 1.54) is 25.9 Å². The molecule has 4 heteroatoms. The van der Waals surface area contributed by atoms with Crippen LogP contribution in [0.2, 0.25) is 5.02 Å². The van der Waals surface area contributed by atoms with Gasteiger partial charge in [0, 0.05) is 13.1 Å². The van der Waals surface area contributed by atoms with Gasteiger partial charge in [-0.3, -0.25) is 0 Å². The van der Waals surface area contributed by atoms with Gasteiger partial charge < -0.3 is 15.3 Å². The van der Waals surface area contributed by atoms with Crippen molar-refractivity contribution in [2.45, 2.75) is 26.3 Å². The lowest BCUT2D eigenvalue weighted by Crippen LogP contribution is -2.41. The number of aromatic hydroxyl groups is 1. The SMILES string of the molecule is CN1CCC(C)(CNCc2ccc(O)c(Cl)c2)CC1. The summed E-state index contributed by atoms with van der Waals surface area (Å²) >= 11 is 5.90. The predicted molar refractivity (Wildman–Crippen MR) is 79.7 cm³/mol. The number of hydrogen-bond donors (Lipinski definition) is 2. The van der Waals surface area contributed by atoms with Gasteiger partial charge in [0.15, 0.2) is 0 Å². The van der Waals surface area contributed by atoms with Crippen molar-refractivity contribution in [3.05, 3.63) is 28.8 Å². The number of rotatable bonds is 4. The van der Waals surface area contributed by atoms with Crippen LogP contribution in [0.5, 0.6) is 5.75 Å². The number of phenolic OH excluding ortho intramolecular Hbond substituents is 1. The smallest absolute Gasteiger partial charge is 0.134 e. The highest BCUT2D eigenvalue weighted by Crippen LogP contribution is 2.29. The lowest BCUT2D eigenvalue weighted by molar-refractivity contribution is 0.137. The summed E-state index contributed by atoms with van der Waals surface area (Å²) < 4.78 is 0. The first-order valence-electron chi connectivity index (χ1n) is 6.85. The minimum Gasteiger partial charge on any atom is -0.506 e.